The van der Waals surface area contributed by atoms with E-state index in [4.69, 9.17) is 11.6 Å². The number of carbonyl (C=O) groups is 1. The fourth-order valence-electron chi connectivity index (χ4n) is 3.96. The number of hydrogen-bond acceptors (Lipinski definition) is 3. The van der Waals surface area contributed by atoms with Gasteiger partial charge in [0, 0.05) is 37.0 Å². The summed E-state index contributed by atoms with van der Waals surface area (Å²) in [7, 11) is 4.06. The van der Waals surface area contributed by atoms with Crippen molar-refractivity contribution in [1.29, 1.82) is 0 Å². The number of carbonyl (C=O) groups excluding carboxylic acids is 1. The summed E-state index contributed by atoms with van der Waals surface area (Å²) in [5, 5.41) is 0.652. The van der Waals surface area contributed by atoms with Crippen LogP contribution in [0.3, 0.4) is 0 Å². The van der Waals surface area contributed by atoms with Crippen LogP contribution in [0.2, 0.25) is 5.02 Å². The molecule has 1 amide bonds. The third-order valence-corrected chi connectivity index (χ3v) is 5.40. The van der Waals surface area contributed by atoms with Crippen LogP contribution in [0.5, 0.6) is 0 Å². The number of fused-ring (bicyclic) bond motifs is 1. The van der Waals surface area contributed by atoms with E-state index in [0.29, 0.717) is 5.02 Å². The van der Waals surface area contributed by atoms with E-state index in [-0.39, 0.29) is 18.1 Å². The summed E-state index contributed by atoms with van der Waals surface area (Å²) in [5.41, 5.74) is 3.16. The van der Waals surface area contributed by atoms with Crippen LogP contribution in [0.4, 0.5) is 11.4 Å². The van der Waals surface area contributed by atoms with Crippen molar-refractivity contribution in [3.05, 3.63) is 59.1 Å². The van der Waals surface area contributed by atoms with E-state index in [9.17, 15) is 4.79 Å². The van der Waals surface area contributed by atoms with E-state index in [1.807, 2.05) is 43.3 Å². The summed E-state index contributed by atoms with van der Waals surface area (Å²) in [6.45, 7) is 0.952. The molecule has 0 spiro atoms. The lowest BCUT2D eigenvalue weighted by molar-refractivity contribution is -0.119. The quantitative estimate of drug-likeness (QED) is 0.835. The molecule has 0 unspecified atom stereocenters. The summed E-state index contributed by atoms with van der Waals surface area (Å²) in [5.74, 6) is 0.182. The van der Waals surface area contributed by atoms with Gasteiger partial charge in [-0.05, 0) is 48.7 Å². The maximum Gasteiger partial charge on any atom is 0.246 e. The summed E-state index contributed by atoms with van der Waals surface area (Å²) < 4.78 is 0. The van der Waals surface area contributed by atoms with Gasteiger partial charge in [0.25, 0.3) is 0 Å². The van der Waals surface area contributed by atoms with Crippen molar-refractivity contribution in [3.63, 3.8) is 0 Å². The Kier molecular flexibility index (Phi) is 4.18. The van der Waals surface area contributed by atoms with Gasteiger partial charge in [-0.3, -0.25) is 14.6 Å². The third kappa shape index (κ3) is 2.79. The van der Waals surface area contributed by atoms with Gasteiger partial charge in [-0.15, -0.1) is 0 Å². The lowest BCUT2D eigenvalue weighted by Gasteiger charge is -2.30. The summed E-state index contributed by atoms with van der Waals surface area (Å²) in [6, 6.07) is 16.1. The number of anilines is 2. The minimum atomic E-state index is -0.0605. The maximum absolute atomic E-state index is 13.1. The second kappa shape index (κ2) is 6.36. The van der Waals surface area contributed by atoms with Gasteiger partial charge < -0.3 is 4.90 Å². The van der Waals surface area contributed by atoms with Crippen molar-refractivity contribution >= 4 is 28.9 Å². The molecule has 2 fully saturated rings. The Hall–Kier alpha value is -2.04. The fraction of sp³-hybridized carbons (Fsp3) is 0.350. The number of hydrogen-bond donors (Lipinski definition) is 0. The number of halogens is 1. The monoisotopic (exact) mass is 355 g/mol. The molecule has 0 bridgehead atoms. The van der Waals surface area contributed by atoms with Gasteiger partial charge in [-0.25, -0.2) is 0 Å². The zero-order chi connectivity index (χ0) is 17.6. The van der Waals surface area contributed by atoms with Gasteiger partial charge in [-0.1, -0.05) is 29.8 Å². The smallest absolute Gasteiger partial charge is 0.246 e. The first-order valence-electron chi connectivity index (χ1n) is 8.68. The predicted octanol–water partition coefficient (Wildman–Crippen LogP) is 3.92. The Labute approximate surface area is 153 Å². The molecule has 0 saturated carbocycles. The highest BCUT2D eigenvalue weighted by atomic mass is 35.5. The first-order chi connectivity index (χ1) is 12.1. The molecule has 5 heteroatoms. The molecule has 2 aliphatic rings. The number of benzene rings is 2. The molecular formula is C20H22ClN3O. The largest absolute Gasteiger partial charge is 0.378 e. The SMILES string of the molecule is CN(C)c1ccc([C@H]2N(c3cccc(Cl)c3)C(=O)[C@@H]3CCCN32)cc1. The number of nitrogens with zero attached hydrogens (tertiary/aromatic N) is 3. The molecule has 0 aromatic heterocycles. The van der Waals surface area contributed by atoms with E-state index < -0.39 is 0 Å². The van der Waals surface area contributed by atoms with Crippen LogP contribution >= 0.6 is 11.6 Å². The van der Waals surface area contributed by atoms with Crippen LogP contribution < -0.4 is 9.80 Å². The Morgan fingerprint density at radius 2 is 1.88 bits per heavy atom. The Morgan fingerprint density at radius 1 is 1.12 bits per heavy atom. The Balaban J connectivity index is 1.77. The molecule has 2 heterocycles. The van der Waals surface area contributed by atoms with Crippen LogP contribution in [0.25, 0.3) is 0 Å². The Bertz CT molecular complexity index is 790. The van der Waals surface area contributed by atoms with Crippen LogP contribution in [-0.2, 0) is 4.79 Å². The average molecular weight is 356 g/mol. The highest BCUT2D eigenvalue weighted by Gasteiger charge is 2.49. The molecule has 2 aromatic carbocycles. The van der Waals surface area contributed by atoms with Crippen molar-refractivity contribution in [2.45, 2.75) is 25.0 Å². The highest BCUT2D eigenvalue weighted by molar-refractivity contribution is 6.31. The molecule has 25 heavy (non-hydrogen) atoms. The van der Waals surface area contributed by atoms with Crippen LogP contribution in [-0.4, -0.2) is 37.5 Å². The van der Waals surface area contributed by atoms with E-state index in [2.05, 4.69) is 34.1 Å². The van der Waals surface area contributed by atoms with E-state index in [1.54, 1.807) is 0 Å². The number of amides is 1. The van der Waals surface area contributed by atoms with E-state index >= 15 is 0 Å². The van der Waals surface area contributed by atoms with Crippen molar-refractivity contribution in [1.82, 2.24) is 4.90 Å². The van der Waals surface area contributed by atoms with E-state index in [1.165, 1.54) is 0 Å². The molecule has 4 nitrogen and oxygen atoms in total. The maximum atomic E-state index is 13.1. The van der Waals surface area contributed by atoms with Gasteiger partial charge in [0.15, 0.2) is 0 Å². The second-order valence-electron chi connectivity index (χ2n) is 6.94. The molecule has 2 atom stereocenters. The minimum Gasteiger partial charge on any atom is -0.378 e. The Morgan fingerprint density at radius 3 is 2.56 bits per heavy atom. The summed E-state index contributed by atoms with van der Waals surface area (Å²) in [6.07, 6.45) is 1.95. The standard InChI is InChI=1S/C20H22ClN3O/c1-22(2)16-10-8-14(9-11-16)19-23-12-4-7-18(23)20(25)24(19)17-6-3-5-15(21)13-17/h3,5-6,8-11,13,18-19H,4,7,12H2,1-2H3/t18-,19+/m0/s1. The molecule has 2 aromatic rings. The molecule has 2 aliphatic heterocycles. The molecule has 0 radical (unpaired) electrons. The fourth-order valence-corrected chi connectivity index (χ4v) is 4.14. The van der Waals surface area contributed by atoms with Gasteiger partial charge >= 0.3 is 0 Å². The zero-order valence-electron chi connectivity index (χ0n) is 14.5. The van der Waals surface area contributed by atoms with E-state index in [0.717, 1.165) is 36.3 Å². The van der Waals surface area contributed by atoms with Crippen molar-refractivity contribution < 1.29 is 4.79 Å². The lowest BCUT2D eigenvalue weighted by atomic mass is 10.1. The second-order valence-corrected chi connectivity index (χ2v) is 7.38. The first kappa shape index (κ1) is 16.4. The van der Waals surface area contributed by atoms with Crippen molar-refractivity contribution in [2.24, 2.45) is 0 Å². The van der Waals surface area contributed by atoms with Crippen molar-refractivity contribution in [2.75, 3.05) is 30.4 Å². The average Bonchev–Trinajstić information content (AvgIpc) is 3.17. The van der Waals surface area contributed by atoms with Crippen molar-refractivity contribution in [3.8, 4) is 0 Å². The van der Waals surface area contributed by atoms with Crippen LogP contribution in [0.15, 0.2) is 48.5 Å². The lowest BCUT2D eigenvalue weighted by Crippen LogP contribution is -2.32. The van der Waals surface area contributed by atoms with Gasteiger partial charge in [0.1, 0.15) is 6.17 Å². The molecular weight excluding hydrogens is 334 g/mol. The topological polar surface area (TPSA) is 26.8 Å². The molecule has 0 N–H and O–H groups in total. The summed E-state index contributed by atoms with van der Waals surface area (Å²) in [4.78, 5) is 19.4. The minimum absolute atomic E-state index is 0.0162. The zero-order valence-corrected chi connectivity index (χ0v) is 15.3. The van der Waals surface area contributed by atoms with Crippen LogP contribution in [0, 0.1) is 0 Å². The molecule has 4 rings (SSSR count). The number of rotatable bonds is 3. The molecule has 0 aliphatic carbocycles. The predicted molar refractivity (Wildman–Crippen MR) is 102 cm³/mol. The van der Waals surface area contributed by atoms with Gasteiger partial charge in [0.2, 0.25) is 5.91 Å². The normalized spacial score (nSPS) is 23.2. The first-order valence-corrected chi connectivity index (χ1v) is 9.06. The molecule has 2 saturated heterocycles. The highest BCUT2D eigenvalue weighted by Crippen LogP contribution is 2.43. The summed E-state index contributed by atoms with van der Waals surface area (Å²) >= 11 is 6.18. The van der Waals surface area contributed by atoms with Gasteiger partial charge in [-0.2, -0.15) is 0 Å². The van der Waals surface area contributed by atoms with Crippen LogP contribution in [0.1, 0.15) is 24.6 Å². The third-order valence-electron chi connectivity index (χ3n) is 5.17. The van der Waals surface area contributed by atoms with Gasteiger partial charge in [0.05, 0.1) is 6.04 Å². The molecule has 130 valence electrons.